The van der Waals surface area contributed by atoms with Gasteiger partial charge in [-0.2, -0.15) is 0 Å². The Kier molecular flexibility index (Phi) is 4.71. The fraction of sp³-hybridized carbons (Fsp3) is 0.200. The molecule has 1 N–H and O–H groups in total. The molecule has 0 fully saturated rings. The molecule has 0 radical (unpaired) electrons. The van der Waals surface area contributed by atoms with Crippen molar-refractivity contribution in [2.75, 3.05) is 11.9 Å². The molecule has 6 heteroatoms. The molecule has 0 amide bonds. The van der Waals surface area contributed by atoms with Crippen LogP contribution in [-0.4, -0.2) is 11.5 Å². The Morgan fingerprint density at radius 2 is 2.10 bits per heavy atom. The number of benzene rings is 2. The number of rotatable bonds is 6. The van der Waals surface area contributed by atoms with Gasteiger partial charge < -0.3 is 10.1 Å². The minimum absolute atomic E-state index is 0.224. The number of hydrogen-bond donors (Lipinski definition) is 1. The largest absolute Gasteiger partial charge is 0.494 e. The van der Waals surface area contributed by atoms with Crippen molar-refractivity contribution in [3.8, 4) is 5.75 Å². The van der Waals surface area contributed by atoms with E-state index in [1.807, 2.05) is 31.2 Å². The first-order valence-corrected chi connectivity index (χ1v) is 6.49. The first-order chi connectivity index (χ1) is 10.1. The van der Waals surface area contributed by atoms with Crippen LogP contribution in [-0.2, 0) is 6.54 Å². The highest BCUT2D eigenvalue weighted by Crippen LogP contribution is 2.21. The number of anilines is 1. The van der Waals surface area contributed by atoms with Crippen LogP contribution >= 0.6 is 0 Å². The molecule has 110 valence electrons. The predicted molar refractivity (Wildman–Crippen MR) is 78.0 cm³/mol. The molecule has 0 aliphatic rings. The molecule has 0 bridgehead atoms. The molecule has 0 spiro atoms. The molecule has 2 aromatic rings. The zero-order valence-corrected chi connectivity index (χ0v) is 11.5. The highest BCUT2D eigenvalue weighted by molar-refractivity contribution is 5.50. The summed E-state index contributed by atoms with van der Waals surface area (Å²) in [5, 5.41) is 13.5. The van der Waals surface area contributed by atoms with Crippen LogP contribution in [0.4, 0.5) is 15.8 Å². The highest BCUT2D eigenvalue weighted by atomic mass is 19.1. The van der Waals surface area contributed by atoms with E-state index in [-0.39, 0.29) is 11.4 Å². The standard InChI is InChI=1S/C15H15FN2O3/c1-2-21-13-5-3-4-11(8-13)10-17-15-7-6-12(18(19)20)9-14(15)16/h3-9,17H,2,10H2,1H3. The minimum Gasteiger partial charge on any atom is -0.494 e. The van der Waals surface area contributed by atoms with E-state index in [4.69, 9.17) is 4.74 Å². The maximum Gasteiger partial charge on any atom is 0.272 e. The summed E-state index contributed by atoms with van der Waals surface area (Å²) in [6.07, 6.45) is 0. The summed E-state index contributed by atoms with van der Waals surface area (Å²) < 4.78 is 19.1. The Morgan fingerprint density at radius 1 is 1.29 bits per heavy atom. The van der Waals surface area contributed by atoms with Crippen LogP contribution in [0.15, 0.2) is 42.5 Å². The van der Waals surface area contributed by atoms with Gasteiger partial charge in [-0.05, 0) is 30.7 Å². The van der Waals surface area contributed by atoms with Gasteiger partial charge in [0.05, 0.1) is 23.3 Å². The number of nitro groups is 1. The van der Waals surface area contributed by atoms with Crippen LogP contribution in [0.1, 0.15) is 12.5 Å². The third kappa shape index (κ3) is 3.92. The van der Waals surface area contributed by atoms with Crippen molar-refractivity contribution in [3.63, 3.8) is 0 Å². The summed E-state index contributed by atoms with van der Waals surface area (Å²) in [6, 6.07) is 11.0. The van der Waals surface area contributed by atoms with Crippen molar-refractivity contribution >= 4 is 11.4 Å². The average molecular weight is 290 g/mol. The molecule has 0 saturated carbocycles. The van der Waals surface area contributed by atoms with E-state index in [2.05, 4.69) is 5.32 Å². The van der Waals surface area contributed by atoms with E-state index < -0.39 is 10.7 Å². The third-order valence-electron chi connectivity index (χ3n) is 2.86. The third-order valence-corrected chi connectivity index (χ3v) is 2.86. The molecule has 0 heterocycles. The van der Waals surface area contributed by atoms with Crippen molar-refractivity contribution in [1.82, 2.24) is 0 Å². The van der Waals surface area contributed by atoms with Gasteiger partial charge in [-0.3, -0.25) is 10.1 Å². The zero-order chi connectivity index (χ0) is 15.2. The van der Waals surface area contributed by atoms with E-state index in [9.17, 15) is 14.5 Å². The van der Waals surface area contributed by atoms with Crippen LogP contribution in [0, 0.1) is 15.9 Å². The Hall–Kier alpha value is -2.63. The summed E-state index contributed by atoms with van der Waals surface area (Å²) >= 11 is 0. The summed E-state index contributed by atoms with van der Waals surface area (Å²) in [4.78, 5) is 9.92. The lowest BCUT2D eigenvalue weighted by atomic mass is 10.2. The van der Waals surface area contributed by atoms with Gasteiger partial charge in [0.2, 0.25) is 0 Å². The average Bonchev–Trinajstić information content (AvgIpc) is 2.46. The second-order valence-corrected chi connectivity index (χ2v) is 4.36. The van der Waals surface area contributed by atoms with E-state index in [1.54, 1.807) is 0 Å². The molecule has 0 saturated heterocycles. The second-order valence-electron chi connectivity index (χ2n) is 4.36. The van der Waals surface area contributed by atoms with Crippen LogP contribution in [0.25, 0.3) is 0 Å². The summed E-state index contributed by atoms with van der Waals surface area (Å²) in [6.45, 7) is 2.88. The Balaban J connectivity index is 2.06. The van der Waals surface area contributed by atoms with Gasteiger partial charge in [0.1, 0.15) is 5.75 Å². The highest BCUT2D eigenvalue weighted by Gasteiger charge is 2.10. The lowest BCUT2D eigenvalue weighted by Crippen LogP contribution is -2.02. The van der Waals surface area contributed by atoms with Gasteiger partial charge in [0.25, 0.3) is 5.69 Å². The summed E-state index contributed by atoms with van der Waals surface area (Å²) in [5.41, 5.74) is 0.887. The summed E-state index contributed by atoms with van der Waals surface area (Å²) in [7, 11) is 0. The van der Waals surface area contributed by atoms with Crippen LogP contribution in [0.5, 0.6) is 5.75 Å². The molecule has 0 aliphatic carbocycles. The predicted octanol–water partition coefficient (Wildman–Crippen LogP) is 3.74. The number of nitrogens with zero attached hydrogens (tertiary/aromatic N) is 1. The first-order valence-electron chi connectivity index (χ1n) is 6.49. The molecular formula is C15H15FN2O3. The molecule has 2 rings (SSSR count). The van der Waals surface area contributed by atoms with Crippen molar-refractivity contribution in [2.24, 2.45) is 0 Å². The zero-order valence-electron chi connectivity index (χ0n) is 11.5. The van der Waals surface area contributed by atoms with E-state index in [1.165, 1.54) is 12.1 Å². The second kappa shape index (κ2) is 6.69. The molecule has 0 unspecified atom stereocenters. The van der Waals surface area contributed by atoms with Crippen molar-refractivity contribution in [1.29, 1.82) is 0 Å². The van der Waals surface area contributed by atoms with Crippen molar-refractivity contribution < 1.29 is 14.1 Å². The number of nitro benzene ring substituents is 1. The monoisotopic (exact) mass is 290 g/mol. The molecular weight excluding hydrogens is 275 g/mol. The number of ether oxygens (including phenoxy) is 1. The Labute approximate surface area is 121 Å². The number of hydrogen-bond acceptors (Lipinski definition) is 4. The van der Waals surface area contributed by atoms with Crippen molar-refractivity contribution in [3.05, 3.63) is 64.0 Å². The smallest absolute Gasteiger partial charge is 0.272 e. The van der Waals surface area contributed by atoms with Crippen molar-refractivity contribution in [2.45, 2.75) is 13.5 Å². The number of nitrogens with one attached hydrogen (secondary N) is 1. The topological polar surface area (TPSA) is 64.4 Å². The molecule has 5 nitrogen and oxygen atoms in total. The van der Waals surface area contributed by atoms with E-state index in [0.29, 0.717) is 13.2 Å². The molecule has 0 atom stereocenters. The van der Waals surface area contributed by atoms with Crippen LogP contribution in [0.3, 0.4) is 0 Å². The van der Waals surface area contributed by atoms with E-state index >= 15 is 0 Å². The molecule has 2 aromatic carbocycles. The Bertz CT molecular complexity index is 647. The molecule has 0 aliphatic heterocycles. The maximum atomic E-state index is 13.7. The Morgan fingerprint density at radius 3 is 2.76 bits per heavy atom. The van der Waals surface area contributed by atoms with Gasteiger partial charge in [-0.1, -0.05) is 12.1 Å². The normalized spacial score (nSPS) is 10.2. The first kappa shape index (κ1) is 14.8. The molecule has 21 heavy (non-hydrogen) atoms. The fourth-order valence-electron chi connectivity index (χ4n) is 1.87. The van der Waals surface area contributed by atoms with Crippen LogP contribution < -0.4 is 10.1 Å². The molecule has 0 aromatic heterocycles. The van der Waals surface area contributed by atoms with Gasteiger partial charge >= 0.3 is 0 Å². The quantitative estimate of drug-likeness (QED) is 0.650. The minimum atomic E-state index is -0.648. The van der Waals surface area contributed by atoms with Gasteiger partial charge in [0.15, 0.2) is 5.82 Å². The fourth-order valence-corrected chi connectivity index (χ4v) is 1.87. The lowest BCUT2D eigenvalue weighted by Gasteiger charge is -2.09. The van der Waals surface area contributed by atoms with Gasteiger partial charge in [-0.15, -0.1) is 0 Å². The number of non-ortho nitro benzene ring substituents is 1. The van der Waals surface area contributed by atoms with Gasteiger partial charge in [0, 0.05) is 12.6 Å². The number of halogens is 1. The maximum absolute atomic E-state index is 13.7. The summed E-state index contributed by atoms with van der Waals surface area (Å²) in [5.74, 6) is 0.103. The lowest BCUT2D eigenvalue weighted by molar-refractivity contribution is -0.385. The SMILES string of the molecule is CCOc1cccc(CNc2ccc([N+](=O)[O-])cc2F)c1. The van der Waals surface area contributed by atoms with Gasteiger partial charge in [-0.25, -0.2) is 4.39 Å². The van der Waals surface area contributed by atoms with E-state index in [0.717, 1.165) is 17.4 Å². The van der Waals surface area contributed by atoms with Crippen LogP contribution in [0.2, 0.25) is 0 Å².